The summed E-state index contributed by atoms with van der Waals surface area (Å²) in [5, 5.41) is 3.40. The number of hydrogen-bond donors (Lipinski definition) is 1. The smallest absolute Gasteiger partial charge is 0.357 e. The van der Waals surface area contributed by atoms with E-state index in [2.05, 4.69) is 19.6 Å². The first-order chi connectivity index (χ1) is 13.3. The summed E-state index contributed by atoms with van der Waals surface area (Å²) in [4.78, 5) is 20.5. The number of carbonyl (C=O) groups excluding carboxylic acids is 1. The van der Waals surface area contributed by atoms with Crippen LogP contribution in [-0.4, -0.2) is 39.0 Å². The summed E-state index contributed by atoms with van der Waals surface area (Å²) < 4.78 is 55.1. The summed E-state index contributed by atoms with van der Waals surface area (Å²) >= 11 is 0. The summed E-state index contributed by atoms with van der Waals surface area (Å²) in [6, 6.07) is 7.52. The van der Waals surface area contributed by atoms with Crippen molar-refractivity contribution in [1.29, 1.82) is 0 Å². The molecule has 10 heteroatoms. The van der Waals surface area contributed by atoms with E-state index in [9.17, 15) is 22.4 Å². The molecule has 3 aromatic rings. The summed E-state index contributed by atoms with van der Waals surface area (Å²) in [7, 11) is 0. The minimum Gasteiger partial charge on any atom is -0.357 e. The highest BCUT2D eigenvalue weighted by atomic mass is 19.4. The van der Waals surface area contributed by atoms with Gasteiger partial charge >= 0.3 is 12.1 Å². The first-order valence-electron chi connectivity index (χ1n) is 8.45. The molecule has 1 unspecified atom stereocenters. The number of aromatic nitrogens is 3. The van der Waals surface area contributed by atoms with Crippen LogP contribution in [0.2, 0.25) is 0 Å². The third-order valence-corrected chi connectivity index (χ3v) is 4.62. The number of rotatable bonds is 3. The fraction of sp³-hybridized carbons (Fsp3) is 0.278. The molecule has 3 heterocycles. The SMILES string of the molecule is O=C(c1cc(-c2ccc(F)cc2)c[nH]1)N1CCC(c2noc(C(F)(F)F)n2)C1. The first kappa shape index (κ1) is 18.2. The van der Waals surface area contributed by atoms with Crippen molar-refractivity contribution in [1.82, 2.24) is 20.0 Å². The molecule has 146 valence electrons. The number of H-pyrrole nitrogens is 1. The zero-order valence-corrected chi connectivity index (χ0v) is 14.3. The maximum Gasteiger partial charge on any atom is 0.471 e. The molecule has 1 atom stereocenters. The van der Waals surface area contributed by atoms with Gasteiger partial charge in [-0.25, -0.2) is 4.39 Å². The molecular formula is C18H14F4N4O2. The van der Waals surface area contributed by atoms with Crippen molar-refractivity contribution in [2.24, 2.45) is 0 Å². The van der Waals surface area contributed by atoms with Crippen LogP contribution in [0.3, 0.4) is 0 Å². The second-order valence-electron chi connectivity index (χ2n) is 6.50. The van der Waals surface area contributed by atoms with Gasteiger partial charge in [0.15, 0.2) is 5.82 Å². The molecule has 4 rings (SSSR count). The number of nitrogens with one attached hydrogen (secondary N) is 1. The number of nitrogens with zero attached hydrogens (tertiary/aromatic N) is 3. The number of hydrogen-bond acceptors (Lipinski definition) is 4. The molecule has 0 saturated carbocycles. The van der Waals surface area contributed by atoms with Gasteiger partial charge in [0.25, 0.3) is 5.91 Å². The van der Waals surface area contributed by atoms with Gasteiger partial charge in [-0.15, -0.1) is 0 Å². The summed E-state index contributed by atoms with van der Waals surface area (Å²) in [6.07, 6.45) is -2.61. The summed E-state index contributed by atoms with van der Waals surface area (Å²) in [5.74, 6) is -2.50. The topological polar surface area (TPSA) is 75.0 Å². The Hall–Kier alpha value is -3.17. The number of likely N-dealkylation sites (tertiary alicyclic amines) is 1. The second-order valence-corrected chi connectivity index (χ2v) is 6.50. The van der Waals surface area contributed by atoms with Crippen LogP contribution in [0, 0.1) is 5.82 Å². The lowest BCUT2D eigenvalue weighted by Gasteiger charge is -2.14. The van der Waals surface area contributed by atoms with Crippen molar-refractivity contribution >= 4 is 5.91 Å². The Morgan fingerprint density at radius 3 is 2.64 bits per heavy atom. The monoisotopic (exact) mass is 394 g/mol. The van der Waals surface area contributed by atoms with Crippen molar-refractivity contribution in [2.45, 2.75) is 18.5 Å². The summed E-state index contributed by atoms with van der Waals surface area (Å²) in [6.45, 7) is 0.560. The van der Waals surface area contributed by atoms with Crippen LogP contribution in [0.1, 0.15) is 34.5 Å². The lowest BCUT2D eigenvalue weighted by Crippen LogP contribution is -2.28. The second kappa shape index (κ2) is 6.77. The van der Waals surface area contributed by atoms with Crippen molar-refractivity contribution < 1.29 is 26.9 Å². The molecule has 0 radical (unpaired) electrons. The van der Waals surface area contributed by atoms with Gasteiger partial charge in [-0.1, -0.05) is 17.3 Å². The highest BCUT2D eigenvalue weighted by Crippen LogP contribution is 2.31. The minimum atomic E-state index is -4.69. The molecule has 1 fully saturated rings. The average molecular weight is 394 g/mol. The van der Waals surface area contributed by atoms with Gasteiger partial charge in [-0.2, -0.15) is 18.2 Å². The molecule has 0 bridgehead atoms. The number of amides is 1. The fourth-order valence-corrected chi connectivity index (χ4v) is 3.17. The molecule has 1 amide bonds. The Morgan fingerprint density at radius 2 is 1.96 bits per heavy atom. The molecule has 1 aliphatic heterocycles. The van der Waals surface area contributed by atoms with Crippen LogP contribution in [0.4, 0.5) is 17.6 Å². The van der Waals surface area contributed by atoms with Crippen LogP contribution < -0.4 is 0 Å². The van der Waals surface area contributed by atoms with E-state index in [0.717, 1.165) is 11.1 Å². The molecule has 28 heavy (non-hydrogen) atoms. The minimum absolute atomic E-state index is 0.0545. The van der Waals surface area contributed by atoms with Gasteiger partial charge in [0.1, 0.15) is 11.5 Å². The maximum atomic E-state index is 13.0. The largest absolute Gasteiger partial charge is 0.471 e. The Morgan fingerprint density at radius 1 is 1.21 bits per heavy atom. The van der Waals surface area contributed by atoms with E-state index >= 15 is 0 Å². The molecule has 0 spiro atoms. The van der Waals surface area contributed by atoms with Gasteiger partial charge in [-0.05, 0) is 35.7 Å². The van der Waals surface area contributed by atoms with Crippen molar-refractivity contribution in [3.05, 3.63) is 59.8 Å². The number of benzene rings is 1. The Balaban J connectivity index is 1.45. The van der Waals surface area contributed by atoms with Crippen LogP contribution in [0.25, 0.3) is 11.1 Å². The normalized spacial score (nSPS) is 17.3. The molecule has 1 aromatic carbocycles. The van der Waals surface area contributed by atoms with Crippen LogP contribution in [0.5, 0.6) is 0 Å². The van der Waals surface area contributed by atoms with Crippen LogP contribution in [-0.2, 0) is 6.18 Å². The number of carbonyl (C=O) groups is 1. The Bertz CT molecular complexity index is 994. The van der Waals surface area contributed by atoms with E-state index in [0.29, 0.717) is 18.7 Å². The molecule has 2 aromatic heterocycles. The van der Waals surface area contributed by atoms with Crippen molar-refractivity contribution in [3.8, 4) is 11.1 Å². The van der Waals surface area contributed by atoms with E-state index in [4.69, 9.17) is 0 Å². The fourth-order valence-electron chi connectivity index (χ4n) is 3.17. The predicted molar refractivity (Wildman–Crippen MR) is 88.7 cm³/mol. The van der Waals surface area contributed by atoms with E-state index in [1.54, 1.807) is 24.4 Å². The van der Waals surface area contributed by atoms with Gasteiger partial charge in [0.05, 0.1) is 0 Å². The zero-order valence-electron chi connectivity index (χ0n) is 14.3. The number of halogens is 4. The molecule has 6 nitrogen and oxygen atoms in total. The standard InChI is InChI=1S/C18H14F4N4O2/c19-13-3-1-10(2-4-13)12-7-14(23-8-12)16(27)26-6-5-11(9-26)15-24-17(28-25-15)18(20,21)22/h1-4,7-8,11,23H,5-6,9H2. The van der Waals surface area contributed by atoms with Gasteiger partial charge in [0, 0.05) is 25.2 Å². The summed E-state index contributed by atoms with van der Waals surface area (Å²) in [5.41, 5.74) is 1.82. The highest BCUT2D eigenvalue weighted by molar-refractivity contribution is 5.94. The molecular weight excluding hydrogens is 380 g/mol. The van der Waals surface area contributed by atoms with E-state index in [-0.39, 0.29) is 24.1 Å². The third-order valence-electron chi connectivity index (χ3n) is 4.62. The maximum absolute atomic E-state index is 13.0. The third kappa shape index (κ3) is 3.49. The van der Waals surface area contributed by atoms with E-state index in [1.807, 2.05) is 0 Å². The molecule has 1 saturated heterocycles. The molecule has 1 N–H and O–H groups in total. The molecule has 0 aliphatic carbocycles. The van der Waals surface area contributed by atoms with Gasteiger partial charge in [0.2, 0.25) is 0 Å². The van der Waals surface area contributed by atoms with E-state index in [1.165, 1.54) is 17.0 Å². The first-order valence-corrected chi connectivity index (χ1v) is 8.45. The van der Waals surface area contributed by atoms with Crippen molar-refractivity contribution in [2.75, 3.05) is 13.1 Å². The van der Waals surface area contributed by atoms with Gasteiger partial charge < -0.3 is 14.4 Å². The Kier molecular flexibility index (Phi) is 4.40. The van der Waals surface area contributed by atoms with E-state index < -0.39 is 18.0 Å². The number of alkyl halides is 3. The molecule has 1 aliphatic rings. The lowest BCUT2D eigenvalue weighted by molar-refractivity contribution is -0.159. The number of aromatic amines is 1. The van der Waals surface area contributed by atoms with Gasteiger partial charge in [-0.3, -0.25) is 4.79 Å². The van der Waals surface area contributed by atoms with Crippen LogP contribution >= 0.6 is 0 Å². The highest BCUT2D eigenvalue weighted by Gasteiger charge is 2.40. The lowest BCUT2D eigenvalue weighted by atomic mass is 10.1. The zero-order chi connectivity index (χ0) is 19.9. The van der Waals surface area contributed by atoms with Crippen LogP contribution in [0.15, 0.2) is 41.1 Å². The average Bonchev–Trinajstić information content (AvgIpc) is 3.39. The van der Waals surface area contributed by atoms with Crippen molar-refractivity contribution in [3.63, 3.8) is 0 Å². The Labute approximate surface area is 156 Å². The quantitative estimate of drug-likeness (QED) is 0.685. The predicted octanol–water partition coefficient (Wildman–Crippen LogP) is 3.85.